The lowest BCUT2D eigenvalue weighted by molar-refractivity contribution is -0.114. The summed E-state index contributed by atoms with van der Waals surface area (Å²) in [4.78, 5) is 15.4. The van der Waals surface area contributed by atoms with Gasteiger partial charge in [0.25, 0.3) is 0 Å². The molecule has 2 aromatic rings. The molecule has 0 radical (unpaired) electrons. The molecule has 5 nitrogen and oxygen atoms in total. The van der Waals surface area contributed by atoms with E-state index in [9.17, 15) is 4.79 Å². The Bertz CT molecular complexity index is 629. The van der Waals surface area contributed by atoms with Crippen LogP contribution in [0.1, 0.15) is 30.7 Å². The van der Waals surface area contributed by atoms with Gasteiger partial charge in [-0.3, -0.25) is 4.79 Å². The third-order valence-electron chi connectivity index (χ3n) is 3.60. The second-order valence-electron chi connectivity index (χ2n) is 5.30. The van der Waals surface area contributed by atoms with Crippen molar-refractivity contribution in [1.29, 1.82) is 0 Å². The number of ether oxygens (including phenoxy) is 1. The number of anilines is 1. The highest BCUT2D eigenvalue weighted by atomic mass is 32.1. The Balaban J connectivity index is 1.58. The summed E-state index contributed by atoms with van der Waals surface area (Å²) in [5.41, 5.74) is 2.14. The SMILES string of the molecule is CC(=O)Nc1nc(CN[C@H]2CCO[C@@H]2c2ccccc2)cs1. The van der Waals surface area contributed by atoms with Gasteiger partial charge in [0.2, 0.25) is 5.91 Å². The van der Waals surface area contributed by atoms with E-state index in [4.69, 9.17) is 4.74 Å². The van der Waals surface area contributed by atoms with Crippen molar-refractivity contribution in [3.63, 3.8) is 0 Å². The summed E-state index contributed by atoms with van der Waals surface area (Å²) in [5.74, 6) is -0.0952. The van der Waals surface area contributed by atoms with Crippen LogP contribution in [0.3, 0.4) is 0 Å². The molecule has 0 aliphatic carbocycles. The quantitative estimate of drug-likeness (QED) is 0.890. The zero-order valence-electron chi connectivity index (χ0n) is 12.4. The van der Waals surface area contributed by atoms with E-state index in [1.54, 1.807) is 0 Å². The van der Waals surface area contributed by atoms with E-state index >= 15 is 0 Å². The van der Waals surface area contributed by atoms with E-state index in [1.807, 2.05) is 23.6 Å². The van der Waals surface area contributed by atoms with Gasteiger partial charge in [-0.1, -0.05) is 30.3 Å². The van der Waals surface area contributed by atoms with Crippen LogP contribution in [0.25, 0.3) is 0 Å². The van der Waals surface area contributed by atoms with Gasteiger partial charge in [-0.05, 0) is 12.0 Å². The minimum Gasteiger partial charge on any atom is -0.372 e. The maximum absolute atomic E-state index is 11.0. The van der Waals surface area contributed by atoms with Crippen molar-refractivity contribution in [2.24, 2.45) is 0 Å². The molecule has 6 heteroatoms. The van der Waals surface area contributed by atoms with Crippen LogP contribution in [0.2, 0.25) is 0 Å². The first kappa shape index (κ1) is 15.1. The highest BCUT2D eigenvalue weighted by molar-refractivity contribution is 7.13. The molecule has 0 spiro atoms. The Kier molecular flexibility index (Phi) is 4.82. The Hall–Kier alpha value is -1.76. The summed E-state index contributed by atoms with van der Waals surface area (Å²) in [6, 6.07) is 10.6. The maximum atomic E-state index is 11.0. The number of nitrogens with zero attached hydrogens (tertiary/aromatic N) is 1. The minimum atomic E-state index is -0.0952. The number of hydrogen-bond acceptors (Lipinski definition) is 5. The largest absolute Gasteiger partial charge is 0.372 e. The number of benzene rings is 1. The molecule has 1 fully saturated rings. The van der Waals surface area contributed by atoms with Crippen molar-refractivity contribution in [1.82, 2.24) is 10.3 Å². The number of rotatable bonds is 5. The average Bonchev–Trinajstić information content (AvgIpc) is 3.14. The van der Waals surface area contributed by atoms with Crippen molar-refractivity contribution < 1.29 is 9.53 Å². The van der Waals surface area contributed by atoms with Gasteiger partial charge in [0.1, 0.15) is 0 Å². The second-order valence-corrected chi connectivity index (χ2v) is 6.16. The summed E-state index contributed by atoms with van der Waals surface area (Å²) in [6.07, 6.45) is 1.08. The summed E-state index contributed by atoms with van der Waals surface area (Å²) in [6.45, 7) is 2.93. The molecule has 1 aromatic carbocycles. The first-order chi connectivity index (χ1) is 10.7. The first-order valence-corrected chi connectivity index (χ1v) is 8.22. The normalized spacial score (nSPS) is 21.0. The van der Waals surface area contributed by atoms with Crippen LogP contribution >= 0.6 is 11.3 Å². The van der Waals surface area contributed by atoms with E-state index in [1.165, 1.54) is 23.8 Å². The lowest BCUT2D eigenvalue weighted by atomic mass is 10.0. The van der Waals surface area contributed by atoms with Crippen LogP contribution in [-0.4, -0.2) is 23.5 Å². The predicted octanol–water partition coefficient (Wildman–Crippen LogP) is 2.72. The molecule has 0 saturated carbocycles. The van der Waals surface area contributed by atoms with Crippen LogP contribution in [0.4, 0.5) is 5.13 Å². The third-order valence-corrected chi connectivity index (χ3v) is 4.41. The molecular formula is C16H19N3O2S. The molecule has 1 aliphatic heterocycles. The fraction of sp³-hybridized carbons (Fsp3) is 0.375. The minimum absolute atomic E-state index is 0.0923. The predicted molar refractivity (Wildman–Crippen MR) is 86.8 cm³/mol. The zero-order valence-corrected chi connectivity index (χ0v) is 13.2. The van der Waals surface area contributed by atoms with Crippen LogP contribution in [0.15, 0.2) is 35.7 Å². The lowest BCUT2D eigenvalue weighted by Crippen LogP contribution is -2.31. The molecule has 0 unspecified atom stereocenters. The molecule has 1 aliphatic rings. The van der Waals surface area contributed by atoms with Crippen molar-refractivity contribution in [3.8, 4) is 0 Å². The topological polar surface area (TPSA) is 63.2 Å². The molecule has 2 atom stereocenters. The first-order valence-electron chi connectivity index (χ1n) is 7.34. The van der Waals surface area contributed by atoms with E-state index in [0.29, 0.717) is 11.7 Å². The number of carbonyl (C=O) groups is 1. The summed E-state index contributed by atoms with van der Waals surface area (Å²) in [7, 11) is 0. The number of carbonyl (C=O) groups excluding carboxylic acids is 1. The van der Waals surface area contributed by atoms with E-state index in [0.717, 1.165) is 18.7 Å². The van der Waals surface area contributed by atoms with Crippen LogP contribution < -0.4 is 10.6 Å². The summed E-state index contributed by atoms with van der Waals surface area (Å²) >= 11 is 1.44. The van der Waals surface area contributed by atoms with E-state index in [-0.39, 0.29) is 18.1 Å². The Morgan fingerprint density at radius 3 is 3.00 bits per heavy atom. The Morgan fingerprint density at radius 1 is 1.41 bits per heavy atom. The van der Waals surface area contributed by atoms with Gasteiger partial charge in [-0.25, -0.2) is 4.98 Å². The van der Waals surface area contributed by atoms with Crippen molar-refractivity contribution in [2.75, 3.05) is 11.9 Å². The molecule has 2 heterocycles. The highest BCUT2D eigenvalue weighted by Crippen LogP contribution is 2.29. The Morgan fingerprint density at radius 2 is 2.23 bits per heavy atom. The van der Waals surface area contributed by atoms with Gasteiger partial charge in [-0.2, -0.15) is 0 Å². The van der Waals surface area contributed by atoms with Crippen LogP contribution in [0, 0.1) is 0 Å². The van der Waals surface area contributed by atoms with Crippen LogP contribution in [-0.2, 0) is 16.1 Å². The monoisotopic (exact) mass is 317 g/mol. The average molecular weight is 317 g/mol. The van der Waals surface area contributed by atoms with Gasteiger partial charge in [0.05, 0.1) is 11.8 Å². The third kappa shape index (κ3) is 3.71. The molecule has 1 amide bonds. The maximum Gasteiger partial charge on any atom is 0.223 e. The van der Waals surface area contributed by atoms with Gasteiger partial charge in [0, 0.05) is 31.5 Å². The molecule has 3 rings (SSSR count). The number of thiazole rings is 1. The number of aromatic nitrogens is 1. The van der Waals surface area contributed by atoms with E-state index in [2.05, 4.69) is 27.8 Å². The second kappa shape index (κ2) is 7.00. The fourth-order valence-electron chi connectivity index (χ4n) is 2.60. The summed E-state index contributed by atoms with van der Waals surface area (Å²) in [5, 5.41) is 8.83. The highest BCUT2D eigenvalue weighted by Gasteiger charge is 2.29. The van der Waals surface area contributed by atoms with Crippen molar-refractivity contribution in [3.05, 3.63) is 47.0 Å². The zero-order chi connectivity index (χ0) is 15.4. The van der Waals surface area contributed by atoms with Gasteiger partial charge in [-0.15, -0.1) is 11.3 Å². The van der Waals surface area contributed by atoms with E-state index < -0.39 is 0 Å². The molecule has 116 valence electrons. The van der Waals surface area contributed by atoms with Crippen LogP contribution in [0.5, 0.6) is 0 Å². The van der Waals surface area contributed by atoms with Gasteiger partial charge in [0.15, 0.2) is 5.13 Å². The Labute approximate surface area is 133 Å². The molecule has 1 saturated heterocycles. The summed E-state index contributed by atoms with van der Waals surface area (Å²) < 4.78 is 5.86. The molecule has 2 N–H and O–H groups in total. The molecule has 0 bridgehead atoms. The lowest BCUT2D eigenvalue weighted by Gasteiger charge is -2.19. The standard InChI is InChI=1S/C16H19N3O2S/c1-11(20)18-16-19-13(10-22-16)9-17-14-7-8-21-15(14)12-5-3-2-4-6-12/h2-6,10,14-15,17H,7-9H2,1H3,(H,18,19,20)/t14-,15+/m0/s1. The van der Waals surface area contributed by atoms with Gasteiger partial charge >= 0.3 is 0 Å². The molecule has 1 aromatic heterocycles. The van der Waals surface area contributed by atoms with Crippen molar-refractivity contribution in [2.45, 2.75) is 32.0 Å². The smallest absolute Gasteiger partial charge is 0.223 e. The van der Waals surface area contributed by atoms with Crippen molar-refractivity contribution >= 4 is 22.4 Å². The number of amides is 1. The van der Waals surface area contributed by atoms with Gasteiger partial charge < -0.3 is 15.4 Å². The fourth-order valence-corrected chi connectivity index (χ4v) is 3.36. The molecular weight excluding hydrogens is 298 g/mol. The number of nitrogens with one attached hydrogen (secondary N) is 2. The molecule has 22 heavy (non-hydrogen) atoms. The number of hydrogen-bond donors (Lipinski definition) is 2.